The standard InChI is InChI=1S/C19H23NO3/c1-13(2)9-14-5-7-15(8-6-14)19(21)20-16-10-17(22-3)12-18(11-16)23-4/h5-8,10-13H,9H2,1-4H3,(H,20,21). The lowest BCUT2D eigenvalue weighted by molar-refractivity contribution is 0.102. The molecular formula is C19H23NO3. The molecule has 4 heteroatoms. The first-order valence-corrected chi connectivity index (χ1v) is 7.65. The second kappa shape index (κ2) is 7.68. The van der Waals surface area contributed by atoms with Crippen molar-refractivity contribution in [1.82, 2.24) is 0 Å². The maximum absolute atomic E-state index is 12.4. The van der Waals surface area contributed by atoms with E-state index in [4.69, 9.17) is 9.47 Å². The Morgan fingerprint density at radius 3 is 2.04 bits per heavy atom. The van der Waals surface area contributed by atoms with Crippen LogP contribution in [0.3, 0.4) is 0 Å². The van der Waals surface area contributed by atoms with Gasteiger partial charge in [0.1, 0.15) is 11.5 Å². The maximum atomic E-state index is 12.4. The first kappa shape index (κ1) is 16.9. The Morgan fingerprint density at radius 1 is 1.00 bits per heavy atom. The zero-order valence-electron chi connectivity index (χ0n) is 14.1. The van der Waals surface area contributed by atoms with Crippen LogP contribution in [-0.4, -0.2) is 20.1 Å². The van der Waals surface area contributed by atoms with Crippen molar-refractivity contribution in [3.8, 4) is 11.5 Å². The lowest BCUT2D eigenvalue weighted by Crippen LogP contribution is -2.12. The number of hydrogen-bond donors (Lipinski definition) is 1. The molecule has 0 saturated heterocycles. The van der Waals surface area contributed by atoms with Crippen molar-refractivity contribution in [3.05, 3.63) is 53.6 Å². The van der Waals surface area contributed by atoms with Crippen molar-refractivity contribution in [1.29, 1.82) is 0 Å². The van der Waals surface area contributed by atoms with Crippen LogP contribution in [0.5, 0.6) is 11.5 Å². The highest BCUT2D eigenvalue weighted by Crippen LogP contribution is 2.26. The summed E-state index contributed by atoms with van der Waals surface area (Å²) in [5, 5.41) is 2.87. The number of carbonyl (C=O) groups excluding carboxylic acids is 1. The number of nitrogens with one attached hydrogen (secondary N) is 1. The molecule has 23 heavy (non-hydrogen) atoms. The second-order valence-corrected chi connectivity index (χ2v) is 5.85. The fourth-order valence-corrected chi connectivity index (χ4v) is 2.35. The Kier molecular flexibility index (Phi) is 5.63. The second-order valence-electron chi connectivity index (χ2n) is 5.85. The maximum Gasteiger partial charge on any atom is 0.255 e. The van der Waals surface area contributed by atoms with Crippen LogP contribution in [0.4, 0.5) is 5.69 Å². The van der Waals surface area contributed by atoms with Gasteiger partial charge in [0.2, 0.25) is 0 Å². The van der Waals surface area contributed by atoms with E-state index >= 15 is 0 Å². The molecule has 0 aliphatic rings. The van der Waals surface area contributed by atoms with Crippen LogP contribution in [0.2, 0.25) is 0 Å². The topological polar surface area (TPSA) is 47.6 Å². The number of hydrogen-bond acceptors (Lipinski definition) is 3. The Bertz CT molecular complexity index is 641. The SMILES string of the molecule is COc1cc(NC(=O)c2ccc(CC(C)C)cc2)cc(OC)c1. The zero-order valence-corrected chi connectivity index (χ0v) is 14.1. The van der Waals surface area contributed by atoms with E-state index < -0.39 is 0 Å². The van der Waals surface area contributed by atoms with Gasteiger partial charge in [0.05, 0.1) is 14.2 Å². The van der Waals surface area contributed by atoms with Gasteiger partial charge in [-0.3, -0.25) is 4.79 Å². The first-order chi connectivity index (χ1) is 11.0. The third-order valence-corrected chi connectivity index (χ3v) is 3.47. The van der Waals surface area contributed by atoms with Gasteiger partial charge >= 0.3 is 0 Å². The number of benzene rings is 2. The van der Waals surface area contributed by atoms with Gasteiger partial charge in [-0.05, 0) is 30.0 Å². The van der Waals surface area contributed by atoms with Crippen LogP contribution in [0, 0.1) is 5.92 Å². The minimum absolute atomic E-state index is 0.156. The van der Waals surface area contributed by atoms with E-state index in [0.29, 0.717) is 28.7 Å². The quantitative estimate of drug-likeness (QED) is 0.871. The highest BCUT2D eigenvalue weighted by Gasteiger charge is 2.09. The van der Waals surface area contributed by atoms with E-state index in [1.807, 2.05) is 24.3 Å². The summed E-state index contributed by atoms with van der Waals surface area (Å²) in [5.74, 6) is 1.70. The molecule has 0 spiro atoms. The smallest absolute Gasteiger partial charge is 0.255 e. The van der Waals surface area contributed by atoms with Gasteiger partial charge in [-0.2, -0.15) is 0 Å². The van der Waals surface area contributed by atoms with Crippen LogP contribution >= 0.6 is 0 Å². The summed E-state index contributed by atoms with van der Waals surface area (Å²) in [6, 6.07) is 13.0. The molecule has 0 radical (unpaired) electrons. The summed E-state index contributed by atoms with van der Waals surface area (Å²) in [6.45, 7) is 4.35. The van der Waals surface area contributed by atoms with Gasteiger partial charge in [-0.1, -0.05) is 26.0 Å². The van der Waals surface area contributed by atoms with E-state index in [1.165, 1.54) is 5.56 Å². The van der Waals surface area contributed by atoms with Crippen molar-refractivity contribution in [2.24, 2.45) is 5.92 Å². The Balaban J connectivity index is 2.12. The molecular weight excluding hydrogens is 290 g/mol. The van der Waals surface area contributed by atoms with Crippen LogP contribution in [-0.2, 0) is 6.42 Å². The van der Waals surface area contributed by atoms with E-state index in [-0.39, 0.29) is 5.91 Å². The molecule has 0 unspecified atom stereocenters. The summed E-state index contributed by atoms with van der Waals surface area (Å²) in [4.78, 5) is 12.4. The lowest BCUT2D eigenvalue weighted by atomic mass is 10.0. The fourth-order valence-electron chi connectivity index (χ4n) is 2.35. The predicted molar refractivity (Wildman–Crippen MR) is 92.5 cm³/mol. The van der Waals surface area contributed by atoms with Crippen LogP contribution < -0.4 is 14.8 Å². The highest BCUT2D eigenvalue weighted by molar-refractivity contribution is 6.04. The molecule has 122 valence electrons. The monoisotopic (exact) mass is 313 g/mol. The first-order valence-electron chi connectivity index (χ1n) is 7.65. The number of rotatable bonds is 6. The number of carbonyl (C=O) groups is 1. The number of ether oxygens (including phenoxy) is 2. The normalized spacial score (nSPS) is 10.5. The molecule has 1 N–H and O–H groups in total. The van der Waals surface area contributed by atoms with E-state index in [2.05, 4.69) is 19.2 Å². The van der Waals surface area contributed by atoms with Crippen molar-refractivity contribution in [2.45, 2.75) is 20.3 Å². The summed E-state index contributed by atoms with van der Waals surface area (Å²) in [5.41, 5.74) is 2.50. The fraction of sp³-hybridized carbons (Fsp3) is 0.316. The average molecular weight is 313 g/mol. The van der Waals surface area contributed by atoms with Gasteiger partial charge in [-0.15, -0.1) is 0 Å². The molecule has 0 atom stereocenters. The van der Waals surface area contributed by atoms with Crippen LogP contribution in [0.25, 0.3) is 0 Å². The van der Waals surface area contributed by atoms with Crippen molar-refractivity contribution in [2.75, 3.05) is 19.5 Å². The van der Waals surface area contributed by atoms with Crippen molar-refractivity contribution in [3.63, 3.8) is 0 Å². The molecule has 2 aromatic carbocycles. The molecule has 0 fully saturated rings. The molecule has 1 amide bonds. The lowest BCUT2D eigenvalue weighted by Gasteiger charge is -2.10. The van der Waals surface area contributed by atoms with E-state index in [1.54, 1.807) is 32.4 Å². The van der Waals surface area contributed by atoms with Gasteiger partial charge in [0.25, 0.3) is 5.91 Å². The van der Waals surface area contributed by atoms with Gasteiger partial charge in [-0.25, -0.2) is 0 Å². The number of anilines is 1. The Labute approximate surface area is 137 Å². The molecule has 0 saturated carbocycles. The molecule has 2 rings (SSSR count). The highest BCUT2D eigenvalue weighted by atomic mass is 16.5. The van der Waals surface area contributed by atoms with E-state index in [9.17, 15) is 4.79 Å². The van der Waals surface area contributed by atoms with Gasteiger partial charge in [0, 0.05) is 29.4 Å². The third kappa shape index (κ3) is 4.74. The average Bonchev–Trinajstić information content (AvgIpc) is 2.54. The Morgan fingerprint density at radius 2 is 1.57 bits per heavy atom. The minimum atomic E-state index is -0.156. The largest absolute Gasteiger partial charge is 0.497 e. The van der Waals surface area contributed by atoms with Gasteiger partial charge < -0.3 is 14.8 Å². The molecule has 0 aliphatic carbocycles. The summed E-state index contributed by atoms with van der Waals surface area (Å²) in [6.07, 6.45) is 1.01. The van der Waals surface area contributed by atoms with Crippen LogP contribution in [0.1, 0.15) is 29.8 Å². The zero-order chi connectivity index (χ0) is 16.8. The summed E-state index contributed by atoms with van der Waals surface area (Å²) in [7, 11) is 3.15. The van der Waals surface area contributed by atoms with Crippen molar-refractivity contribution >= 4 is 11.6 Å². The molecule has 0 aliphatic heterocycles. The summed E-state index contributed by atoms with van der Waals surface area (Å²) < 4.78 is 10.4. The summed E-state index contributed by atoms with van der Waals surface area (Å²) >= 11 is 0. The van der Waals surface area contributed by atoms with Gasteiger partial charge in [0.15, 0.2) is 0 Å². The van der Waals surface area contributed by atoms with E-state index in [0.717, 1.165) is 6.42 Å². The predicted octanol–water partition coefficient (Wildman–Crippen LogP) is 4.15. The molecule has 0 aromatic heterocycles. The van der Waals surface area contributed by atoms with Crippen LogP contribution in [0.15, 0.2) is 42.5 Å². The number of methoxy groups -OCH3 is 2. The minimum Gasteiger partial charge on any atom is -0.497 e. The molecule has 0 bridgehead atoms. The molecule has 0 heterocycles. The third-order valence-electron chi connectivity index (χ3n) is 3.47. The molecule has 4 nitrogen and oxygen atoms in total. The number of amides is 1. The molecule has 2 aromatic rings. The Hall–Kier alpha value is -2.49. The van der Waals surface area contributed by atoms with Crippen molar-refractivity contribution < 1.29 is 14.3 Å².